The minimum absolute atomic E-state index is 0.835. The summed E-state index contributed by atoms with van der Waals surface area (Å²) in [5.74, 6) is 0. The fraction of sp³-hybridized carbons (Fsp3) is 0.0196. The average molecular weight is 690 g/mol. The highest BCUT2D eigenvalue weighted by molar-refractivity contribution is 7.26. The van der Waals surface area contributed by atoms with Crippen molar-refractivity contribution in [3.05, 3.63) is 181 Å². The molecule has 246 valence electrons. The first-order chi connectivity index (χ1) is 26.3. The molecule has 0 saturated heterocycles. The van der Waals surface area contributed by atoms with E-state index in [2.05, 4.69) is 181 Å². The monoisotopic (exact) mass is 689 g/mol. The van der Waals surface area contributed by atoms with Gasteiger partial charge >= 0.3 is 0 Å². The Morgan fingerprint density at radius 1 is 0.340 bits per heavy atom. The van der Waals surface area contributed by atoms with E-state index >= 15 is 0 Å². The summed E-state index contributed by atoms with van der Waals surface area (Å²) >= 11 is 1.88. The smallest absolute Gasteiger partial charge is 0.0508 e. The van der Waals surface area contributed by atoms with E-state index in [1.807, 2.05) is 11.3 Å². The number of hydrogen-bond acceptors (Lipinski definition) is 2. The van der Waals surface area contributed by atoms with Crippen molar-refractivity contribution >= 4 is 96.7 Å². The van der Waals surface area contributed by atoms with Crippen molar-refractivity contribution in [1.82, 2.24) is 0 Å². The van der Waals surface area contributed by atoms with Gasteiger partial charge in [-0.3, -0.25) is 0 Å². The molecule has 0 unspecified atom stereocenters. The molecule has 12 rings (SSSR count). The van der Waals surface area contributed by atoms with Gasteiger partial charge in [0, 0.05) is 38.0 Å². The fourth-order valence-corrected chi connectivity index (χ4v) is 10.5. The Bertz CT molecular complexity index is 3320. The maximum Gasteiger partial charge on any atom is 0.0508 e. The molecule has 0 N–H and O–H groups in total. The zero-order valence-electron chi connectivity index (χ0n) is 28.8. The molecule has 0 aliphatic carbocycles. The van der Waals surface area contributed by atoms with Crippen LogP contribution in [0.15, 0.2) is 176 Å². The van der Waals surface area contributed by atoms with Gasteiger partial charge in [-0.2, -0.15) is 0 Å². The van der Waals surface area contributed by atoms with Crippen LogP contribution >= 0.6 is 11.3 Å². The third kappa shape index (κ3) is 4.13. The van der Waals surface area contributed by atoms with Crippen LogP contribution in [0.2, 0.25) is 0 Å². The topological polar surface area (TPSA) is 3.24 Å². The average Bonchev–Trinajstić information content (AvgIpc) is 3.62. The second kappa shape index (κ2) is 11.0. The van der Waals surface area contributed by atoms with Crippen molar-refractivity contribution in [3.8, 4) is 22.3 Å². The number of rotatable bonds is 2. The molecule has 53 heavy (non-hydrogen) atoms. The molecular weight excluding hydrogens is 659 g/mol. The van der Waals surface area contributed by atoms with Crippen LogP contribution in [-0.2, 0) is 6.54 Å². The molecule has 0 saturated carbocycles. The van der Waals surface area contributed by atoms with Gasteiger partial charge in [-0.1, -0.05) is 140 Å². The van der Waals surface area contributed by atoms with Crippen LogP contribution in [-0.4, -0.2) is 0 Å². The van der Waals surface area contributed by atoms with Gasteiger partial charge in [0.2, 0.25) is 0 Å². The SMILES string of the molecule is c1ccc2c(c1)CN(c1cccc3sc4ccccc4c13)c1ccc(-c3ccc4c5ccccc5c5c6ccccc6c6ccccc6c5c4c3)cc1-2. The molecule has 0 atom stereocenters. The number of nitrogens with zero attached hydrogens (tertiary/aromatic N) is 1. The number of hydrogen-bond donors (Lipinski definition) is 0. The van der Waals surface area contributed by atoms with E-state index < -0.39 is 0 Å². The van der Waals surface area contributed by atoms with Gasteiger partial charge in [-0.25, -0.2) is 0 Å². The van der Waals surface area contributed by atoms with Gasteiger partial charge in [0.15, 0.2) is 0 Å². The molecular formula is C51H31NS. The van der Waals surface area contributed by atoms with Gasteiger partial charge in [0.25, 0.3) is 0 Å². The lowest BCUT2D eigenvalue weighted by atomic mass is 9.86. The number of thiophene rings is 1. The highest BCUT2D eigenvalue weighted by Gasteiger charge is 2.26. The number of anilines is 2. The largest absolute Gasteiger partial charge is 0.336 e. The summed E-state index contributed by atoms with van der Waals surface area (Å²) in [4.78, 5) is 2.54. The Hall–Kier alpha value is -6.48. The summed E-state index contributed by atoms with van der Waals surface area (Å²) < 4.78 is 2.66. The van der Waals surface area contributed by atoms with Crippen LogP contribution < -0.4 is 4.90 Å². The summed E-state index contributed by atoms with van der Waals surface area (Å²) in [7, 11) is 0. The van der Waals surface area contributed by atoms with E-state index in [0.29, 0.717) is 0 Å². The van der Waals surface area contributed by atoms with E-state index in [4.69, 9.17) is 0 Å². The Balaban J connectivity index is 1.12. The predicted octanol–water partition coefficient (Wildman–Crippen LogP) is 14.8. The molecule has 1 nitrogen and oxygen atoms in total. The van der Waals surface area contributed by atoms with E-state index in [1.54, 1.807) is 0 Å². The standard InChI is InChI=1S/C51H31NS/c1-2-13-34-33(12-1)30-52(46-21-11-23-48-51(46)42-20-9-10-22-47(42)53-48)45-27-25-32(28-43(34)45)31-24-26-38-37-16-5-7-18-40(37)49-39-17-6-3-14-35(39)36-15-4-8-19-41(36)50(49)44(38)29-31/h1-29H,30H2. The molecule has 0 amide bonds. The molecule has 1 aromatic heterocycles. The van der Waals surface area contributed by atoms with Crippen LogP contribution in [0.1, 0.15) is 5.56 Å². The maximum atomic E-state index is 2.54. The van der Waals surface area contributed by atoms with Gasteiger partial charge in [0.05, 0.1) is 5.69 Å². The second-order valence-electron chi connectivity index (χ2n) is 14.4. The third-order valence-electron chi connectivity index (χ3n) is 11.6. The van der Waals surface area contributed by atoms with Crippen LogP contribution in [0.4, 0.5) is 11.4 Å². The zero-order chi connectivity index (χ0) is 34.6. The highest BCUT2D eigenvalue weighted by atomic mass is 32.1. The summed E-state index contributed by atoms with van der Waals surface area (Å²) in [5, 5.41) is 15.8. The maximum absolute atomic E-state index is 2.54. The molecule has 0 spiro atoms. The van der Waals surface area contributed by atoms with Gasteiger partial charge in [-0.15, -0.1) is 11.3 Å². The third-order valence-corrected chi connectivity index (χ3v) is 12.8. The highest BCUT2D eigenvalue weighted by Crippen LogP contribution is 2.49. The van der Waals surface area contributed by atoms with E-state index in [9.17, 15) is 0 Å². The van der Waals surface area contributed by atoms with Gasteiger partial charge in [-0.05, 0) is 113 Å². The zero-order valence-corrected chi connectivity index (χ0v) is 29.6. The van der Waals surface area contributed by atoms with Crippen LogP contribution in [0.25, 0.3) is 96.3 Å². The Morgan fingerprint density at radius 3 is 1.62 bits per heavy atom. The Labute approximate surface area is 310 Å². The lowest BCUT2D eigenvalue weighted by Crippen LogP contribution is -2.21. The predicted molar refractivity (Wildman–Crippen MR) is 230 cm³/mol. The van der Waals surface area contributed by atoms with Crippen LogP contribution in [0.3, 0.4) is 0 Å². The molecule has 0 bridgehead atoms. The first kappa shape index (κ1) is 29.1. The molecule has 0 fully saturated rings. The van der Waals surface area contributed by atoms with Crippen molar-refractivity contribution in [2.75, 3.05) is 4.90 Å². The lowest BCUT2D eigenvalue weighted by Gasteiger charge is -2.34. The summed E-state index contributed by atoms with van der Waals surface area (Å²) in [5.41, 5.74) is 8.93. The first-order valence-electron chi connectivity index (χ1n) is 18.4. The molecule has 1 aliphatic heterocycles. The van der Waals surface area contributed by atoms with Crippen molar-refractivity contribution in [3.63, 3.8) is 0 Å². The molecule has 2 heterocycles. The Morgan fingerprint density at radius 2 is 0.887 bits per heavy atom. The van der Waals surface area contributed by atoms with Crippen molar-refractivity contribution < 1.29 is 0 Å². The van der Waals surface area contributed by atoms with Gasteiger partial charge in [0.1, 0.15) is 0 Å². The number of benzene rings is 10. The summed E-state index contributed by atoms with van der Waals surface area (Å²) in [6.45, 7) is 0.835. The summed E-state index contributed by atoms with van der Waals surface area (Å²) in [6, 6.07) is 65.7. The minimum atomic E-state index is 0.835. The van der Waals surface area contributed by atoms with Crippen molar-refractivity contribution in [2.45, 2.75) is 6.54 Å². The van der Waals surface area contributed by atoms with E-state index in [1.165, 1.54) is 113 Å². The molecule has 11 aromatic rings. The second-order valence-corrected chi connectivity index (χ2v) is 15.5. The van der Waals surface area contributed by atoms with E-state index in [-0.39, 0.29) is 0 Å². The summed E-state index contributed by atoms with van der Waals surface area (Å²) in [6.07, 6.45) is 0. The van der Waals surface area contributed by atoms with Crippen LogP contribution in [0, 0.1) is 0 Å². The molecule has 2 heteroatoms. The lowest BCUT2D eigenvalue weighted by molar-refractivity contribution is 0.967. The van der Waals surface area contributed by atoms with Crippen LogP contribution in [0.5, 0.6) is 0 Å². The quantitative estimate of drug-likeness (QED) is 0.163. The molecule has 10 aromatic carbocycles. The minimum Gasteiger partial charge on any atom is -0.336 e. The Kier molecular flexibility index (Phi) is 6.05. The molecule has 1 aliphatic rings. The first-order valence-corrected chi connectivity index (χ1v) is 19.2. The molecule has 0 radical (unpaired) electrons. The normalized spacial score (nSPS) is 12.8. The van der Waals surface area contributed by atoms with E-state index in [0.717, 1.165) is 6.54 Å². The van der Waals surface area contributed by atoms with Crippen molar-refractivity contribution in [2.24, 2.45) is 0 Å². The van der Waals surface area contributed by atoms with Gasteiger partial charge < -0.3 is 4.90 Å². The van der Waals surface area contributed by atoms with Crippen molar-refractivity contribution in [1.29, 1.82) is 0 Å². The fourth-order valence-electron chi connectivity index (χ4n) is 9.34. The number of fused-ring (bicyclic) bond motifs is 17.